The van der Waals surface area contributed by atoms with Gasteiger partial charge in [-0.1, -0.05) is 55.5 Å². The van der Waals surface area contributed by atoms with Gasteiger partial charge in [0.15, 0.2) is 0 Å². The molecule has 104 valence electrons. The summed E-state index contributed by atoms with van der Waals surface area (Å²) in [6, 6.07) is 18.6. The Kier molecular flexibility index (Phi) is 3.49. The predicted octanol–water partition coefficient (Wildman–Crippen LogP) is 3.64. The van der Waals surface area contributed by atoms with Crippen molar-refractivity contribution >= 4 is 0 Å². The zero-order valence-corrected chi connectivity index (χ0v) is 11.9. The minimum atomic E-state index is -0.312. The molecule has 1 heterocycles. The molecule has 2 atom stereocenters. The van der Waals surface area contributed by atoms with Crippen molar-refractivity contribution in [2.75, 3.05) is 0 Å². The van der Waals surface area contributed by atoms with Crippen molar-refractivity contribution in [2.45, 2.75) is 37.8 Å². The van der Waals surface area contributed by atoms with Crippen molar-refractivity contribution in [3.05, 3.63) is 65.7 Å². The lowest BCUT2D eigenvalue weighted by Crippen LogP contribution is -2.40. The highest BCUT2D eigenvalue weighted by Gasteiger charge is 2.33. The third-order valence-corrected chi connectivity index (χ3v) is 4.29. The van der Waals surface area contributed by atoms with E-state index < -0.39 is 0 Å². The van der Waals surface area contributed by atoms with Crippen LogP contribution in [-0.2, 0) is 12.0 Å². The van der Waals surface area contributed by atoms with Gasteiger partial charge in [-0.3, -0.25) is 0 Å². The third-order valence-electron chi connectivity index (χ3n) is 4.29. The Hall–Kier alpha value is -1.80. The van der Waals surface area contributed by atoms with Gasteiger partial charge in [-0.05, 0) is 23.6 Å². The lowest BCUT2D eigenvalue weighted by molar-refractivity contribution is 0.176. The first kappa shape index (κ1) is 13.2. The molecular formula is C18H21NO. The lowest BCUT2D eigenvalue weighted by atomic mass is 9.82. The van der Waals surface area contributed by atoms with Crippen LogP contribution in [0.5, 0.6) is 5.75 Å². The van der Waals surface area contributed by atoms with E-state index in [1.54, 1.807) is 0 Å². The second-order valence-corrected chi connectivity index (χ2v) is 5.63. The molecule has 0 bridgehead atoms. The van der Waals surface area contributed by atoms with Crippen molar-refractivity contribution in [2.24, 2.45) is 5.73 Å². The zero-order valence-electron chi connectivity index (χ0n) is 11.9. The van der Waals surface area contributed by atoms with Gasteiger partial charge in [0.25, 0.3) is 0 Å². The van der Waals surface area contributed by atoms with Gasteiger partial charge in [0.05, 0.1) is 0 Å². The molecule has 20 heavy (non-hydrogen) atoms. The van der Waals surface area contributed by atoms with Gasteiger partial charge in [-0.15, -0.1) is 0 Å². The van der Waals surface area contributed by atoms with Crippen LogP contribution in [0.15, 0.2) is 54.6 Å². The van der Waals surface area contributed by atoms with Gasteiger partial charge >= 0.3 is 0 Å². The molecule has 0 aromatic heterocycles. The van der Waals surface area contributed by atoms with E-state index in [2.05, 4.69) is 43.3 Å². The molecule has 3 rings (SSSR count). The number of hydrogen-bond donors (Lipinski definition) is 1. The summed E-state index contributed by atoms with van der Waals surface area (Å²) in [5.41, 5.74) is 8.83. The summed E-state index contributed by atoms with van der Waals surface area (Å²) in [5, 5.41) is 0. The molecule has 2 aromatic rings. The summed E-state index contributed by atoms with van der Waals surface area (Å²) in [7, 11) is 0. The van der Waals surface area contributed by atoms with Gasteiger partial charge < -0.3 is 10.5 Å². The van der Waals surface area contributed by atoms with E-state index in [1.807, 2.05) is 18.2 Å². The standard InChI is InChI=1S/C18H21NO/c1-2-18(19,15-9-4-3-5-10-15)13-16-12-14-8-6-7-11-17(14)20-16/h3-11,16H,2,12-13,19H2,1H3. The number of nitrogens with two attached hydrogens (primary N) is 1. The summed E-state index contributed by atoms with van der Waals surface area (Å²) in [6.07, 6.45) is 2.90. The molecule has 2 nitrogen and oxygen atoms in total. The molecule has 0 radical (unpaired) electrons. The Labute approximate surface area is 120 Å². The van der Waals surface area contributed by atoms with E-state index in [1.165, 1.54) is 11.1 Å². The Balaban J connectivity index is 1.77. The van der Waals surface area contributed by atoms with E-state index in [0.29, 0.717) is 0 Å². The SMILES string of the molecule is CCC(N)(CC1Cc2ccccc2O1)c1ccccc1. The predicted molar refractivity (Wildman–Crippen MR) is 81.8 cm³/mol. The molecule has 2 heteroatoms. The van der Waals surface area contributed by atoms with Gasteiger partial charge in [0, 0.05) is 18.4 Å². The number of ether oxygens (including phenoxy) is 1. The van der Waals surface area contributed by atoms with E-state index in [9.17, 15) is 0 Å². The van der Waals surface area contributed by atoms with Crippen LogP contribution in [0.1, 0.15) is 30.9 Å². The molecular weight excluding hydrogens is 246 g/mol. The van der Waals surface area contributed by atoms with Gasteiger partial charge in [0.2, 0.25) is 0 Å². The first-order valence-electron chi connectivity index (χ1n) is 7.30. The minimum Gasteiger partial charge on any atom is -0.490 e. The second-order valence-electron chi connectivity index (χ2n) is 5.63. The Bertz CT molecular complexity index is 556. The van der Waals surface area contributed by atoms with Gasteiger partial charge in [0.1, 0.15) is 11.9 Å². The van der Waals surface area contributed by atoms with Gasteiger partial charge in [-0.25, -0.2) is 0 Å². The topological polar surface area (TPSA) is 35.2 Å². The molecule has 2 aromatic carbocycles. The van der Waals surface area contributed by atoms with Crippen molar-refractivity contribution in [1.82, 2.24) is 0 Å². The van der Waals surface area contributed by atoms with Crippen molar-refractivity contribution in [3.8, 4) is 5.75 Å². The van der Waals surface area contributed by atoms with Crippen molar-refractivity contribution < 1.29 is 4.74 Å². The van der Waals surface area contributed by atoms with Crippen LogP contribution in [0.4, 0.5) is 0 Å². The van der Waals surface area contributed by atoms with Crippen molar-refractivity contribution in [3.63, 3.8) is 0 Å². The number of benzene rings is 2. The number of para-hydroxylation sites is 1. The quantitative estimate of drug-likeness (QED) is 0.917. The molecule has 0 fully saturated rings. The minimum absolute atomic E-state index is 0.178. The maximum atomic E-state index is 6.65. The first-order chi connectivity index (χ1) is 9.71. The maximum absolute atomic E-state index is 6.65. The molecule has 0 saturated carbocycles. The molecule has 0 spiro atoms. The van der Waals surface area contributed by atoms with Gasteiger partial charge in [-0.2, -0.15) is 0 Å². The Morgan fingerprint density at radius 3 is 2.50 bits per heavy atom. The van der Waals surface area contributed by atoms with Crippen LogP contribution in [0.2, 0.25) is 0 Å². The second kappa shape index (κ2) is 5.29. The fraction of sp³-hybridized carbons (Fsp3) is 0.333. The van der Waals surface area contributed by atoms with Crippen LogP contribution < -0.4 is 10.5 Å². The largest absolute Gasteiger partial charge is 0.490 e. The monoisotopic (exact) mass is 267 g/mol. The van der Waals surface area contributed by atoms with Crippen LogP contribution in [-0.4, -0.2) is 6.10 Å². The van der Waals surface area contributed by atoms with E-state index in [0.717, 1.165) is 25.0 Å². The van der Waals surface area contributed by atoms with Crippen LogP contribution in [0, 0.1) is 0 Å². The fourth-order valence-corrected chi connectivity index (χ4v) is 3.01. The summed E-state index contributed by atoms with van der Waals surface area (Å²) in [5.74, 6) is 1.02. The number of hydrogen-bond acceptors (Lipinski definition) is 2. The summed E-state index contributed by atoms with van der Waals surface area (Å²) < 4.78 is 6.05. The maximum Gasteiger partial charge on any atom is 0.123 e. The summed E-state index contributed by atoms with van der Waals surface area (Å²) >= 11 is 0. The smallest absolute Gasteiger partial charge is 0.123 e. The molecule has 0 amide bonds. The zero-order chi connectivity index (χ0) is 14.0. The Morgan fingerprint density at radius 1 is 1.10 bits per heavy atom. The third kappa shape index (κ3) is 2.44. The van der Waals surface area contributed by atoms with Crippen LogP contribution in [0.3, 0.4) is 0 Å². The molecule has 0 aliphatic carbocycles. The fourth-order valence-electron chi connectivity index (χ4n) is 3.01. The highest BCUT2D eigenvalue weighted by atomic mass is 16.5. The highest BCUT2D eigenvalue weighted by molar-refractivity contribution is 5.37. The first-order valence-corrected chi connectivity index (χ1v) is 7.30. The number of rotatable bonds is 4. The van der Waals surface area contributed by atoms with Crippen molar-refractivity contribution in [1.29, 1.82) is 0 Å². The lowest BCUT2D eigenvalue weighted by Gasteiger charge is -2.31. The average molecular weight is 267 g/mol. The van der Waals surface area contributed by atoms with Crippen LogP contribution in [0.25, 0.3) is 0 Å². The average Bonchev–Trinajstić information content (AvgIpc) is 2.90. The van der Waals surface area contributed by atoms with E-state index in [4.69, 9.17) is 10.5 Å². The summed E-state index contributed by atoms with van der Waals surface area (Å²) in [4.78, 5) is 0. The number of fused-ring (bicyclic) bond motifs is 1. The van der Waals surface area contributed by atoms with E-state index >= 15 is 0 Å². The summed E-state index contributed by atoms with van der Waals surface area (Å²) in [6.45, 7) is 2.15. The normalized spacial score (nSPS) is 20.0. The molecule has 1 aliphatic heterocycles. The molecule has 1 aliphatic rings. The molecule has 2 unspecified atom stereocenters. The van der Waals surface area contributed by atoms with Crippen LogP contribution >= 0.6 is 0 Å². The Morgan fingerprint density at radius 2 is 1.80 bits per heavy atom. The highest BCUT2D eigenvalue weighted by Crippen LogP contribution is 2.35. The van der Waals surface area contributed by atoms with E-state index in [-0.39, 0.29) is 11.6 Å². The molecule has 2 N–H and O–H groups in total. The molecule has 0 saturated heterocycles.